The highest BCUT2D eigenvalue weighted by Crippen LogP contribution is 2.62. The SMILES string of the molecule is CC1(c2ccccc2)c2cc(-c3ccc(N(c4ccccc4)c4ccc(-c5ccc([Si](c6ccccc6)(c6ccccc6)c6ccccc6)cc5)cc4)cc3)ccc2-c2c(-c3ccccc3)sc(-c3ccccc3)c21. The molecule has 1 heterocycles. The zero-order valence-electron chi connectivity index (χ0n) is 41.7. The molecule has 1 aromatic heterocycles. The van der Waals surface area contributed by atoms with E-state index in [1.54, 1.807) is 0 Å². The van der Waals surface area contributed by atoms with Gasteiger partial charge in [0.05, 0.1) is 0 Å². The van der Waals surface area contributed by atoms with E-state index >= 15 is 0 Å². The lowest BCUT2D eigenvalue weighted by Gasteiger charge is -2.34. The third kappa shape index (κ3) is 8.00. The second-order valence-corrected chi connectivity index (χ2v) is 24.5. The van der Waals surface area contributed by atoms with Crippen LogP contribution in [-0.4, -0.2) is 8.07 Å². The lowest BCUT2D eigenvalue weighted by Crippen LogP contribution is -2.74. The number of hydrogen-bond donors (Lipinski definition) is 0. The number of thiophene rings is 1. The fraction of sp³-hybridized carbons (Fsp3) is 0.0278. The third-order valence-electron chi connectivity index (χ3n) is 15.5. The van der Waals surface area contributed by atoms with Gasteiger partial charge < -0.3 is 4.90 Å². The molecule has 3 heteroatoms. The topological polar surface area (TPSA) is 3.24 Å². The molecule has 11 aromatic carbocycles. The molecule has 1 aliphatic rings. The summed E-state index contributed by atoms with van der Waals surface area (Å²) in [7, 11) is -2.62. The van der Waals surface area contributed by atoms with Gasteiger partial charge in [-0.3, -0.25) is 0 Å². The van der Waals surface area contributed by atoms with Crippen LogP contribution in [0.3, 0.4) is 0 Å². The van der Waals surface area contributed by atoms with Crippen LogP contribution in [0.25, 0.3) is 54.3 Å². The molecule has 0 radical (unpaired) electrons. The van der Waals surface area contributed by atoms with Gasteiger partial charge in [-0.25, -0.2) is 0 Å². The number of fused-ring (bicyclic) bond motifs is 3. The molecule has 1 nitrogen and oxygen atoms in total. The van der Waals surface area contributed by atoms with Crippen molar-refractivity contribution in [2.24, 2.45) is 0 Å². The average Bonchev–Trinajstić information content (AvgIpc) is 4.03. The Morgan fingerprint density at radius 2 is 0.680 bits per heavy atom. The molecule has 356 valence electrons. The average molecular weight is 992 g/mol. The summed E-state index contributed by atoms with van der Waals surface area (Å²) in [5, 5.41) is 5.48. The molecule has 1 atom stereocenters. The van der Waals surface area contributed by atoms with Gasteiger partial charge in [0.25, 0.3) is 0 Å². The van der Waals surface area contributed by atoms with Crippen molar-refractivity contribution in [1.82, 2.24) is 0 Å². The van der Waals surface area contributed by atoms with Gasteiger partial charge in [-0.05, 0) is 126 Å². The van der Waals surface area contributed by atoms with Crippen molar-refractivity contribution in [3.63, 3.8) is 0 Å². The Labute approximate surface area is 446 Å². The highest BCUT2D eigenvalue weighted by molar-refractivity contribution is 7.20. The fourth-order valence-electron chi connectivity index (χ4n) is 11.9. The molecule has 0 amide bonds. The molecule has 0 bridgehead atoms. The van der Waals surface area contributed by atoms with Crippen LogP contribution >= 0.6 is 11.3 Å². The van der Waals surface area contributed by atoms with E-state index < -0.39 is 8.07 Å². The highest BCUT2D eigenvalue weighted by atomic mass is 32.1. The predicted molar refractivity (Wildman–Crippen MR) is 322 cm³/mol. The summed E-state index contributed by atoms with van der Waals surface area (Å²) in [4.78, 5) is 5.02. The monoisotopic (exact) mass is 991 g/mol. The molecule has 0 N–H and O–H groups in total. The van der Waals surface area contributed by atoms with Crippen LogP contribution in [0.15, 0.2) is 303 Å². The second-order valence-electron chi connectivity index (χ2n) is 19.7. The summed E-state index contributed by atoms with van der Waals surface area (Å²) < 4.78 is 0. The van der Waals surface area contributed by atoms with Crippen LogP contribution in [0.1, 0.15) is 23.6 Å². The Hall–Kier alpha value is -8.86. The van der Waals surface area contributed by atoms with Crippen LogP contribution in [0.5, 0.6) is 0 Å². The van der Waals surface area contributed by atoms with E-state index in [0.717, 1.165) is 17.1 Å². The number of nitrogens with zero attached hydrogens (tertiary/aromatic N) is 1. The van der Waals surface area contributed by atoms with Gasteiger partial charge in [0, 0.05) is 37.8 Å². The lowest BCUT2D eigenvalue weighted by molar-refractivity contribution is 0.718. The highest BCUT2D eigenvalue weighted by Gasteiger charge is 2.46. The normalized spacial score (nSPS) is 13.7. The first-order chi connectivity index (χ1) is 37.1. The summed E-state index contributed by atoms with van der Waals surface area (Å²) in [6.45, 7) is 2.45. The van der Waals surface area contributed by atoms with E-state index in [4.69, 9.17) is 0 Å². The Balaban J connectivity index is 0.851. The van der Waals surface area contributed by atoms with Crippen LogP contribution < -0.4 is 25.6 Å². The van der Waals surface area contributed by atoms with Gasteiger partial charge in [0.1, 0.15) is 0 Å². The predicted octanol–water partition coefficient (Wildman–Crippen LogP) is 16.6. The van der Waals surface area contributed by atoms with E-state index in [-0.39, 0.29) is 5.41 Å². The smallest absolute Gasteiger partial charge is 0.179 e. The van der Waals surface area contributed by atoms with Gasteiger partial charge in [-0.2, -0.15) is 0 Å². The van der Waals surface area contributed by atoms with E-state index in [1.165, 1.54) is 91.7 Å². The second kappa shape index (κ2) is 19.5. The maximum Gasteiger partial charge on any atom is 0.179 e. The maximum absolute atomic E-state index is 2.62. The van der Waals surface area contributed by atoms with E-state index in [1.807, 2.05) is 11.3 Å². The Bertz CT molecular complexity index is 3790. The minimum absolute atomic E-state index is 0.381. The molecule has 0 aliphatic heterocycles. The molecule has 1 aliphatic carbocycles. The fourth-order valence-corrected chi connectivity index (χ4v) is 18.1. The first-order valence-electron chi connectivity index (χ1n) is 25.9. The summed E-state index contributed by atoms with van der Waals surface area (Å²) in [6, 6.07) is 112. The number of para-hydroxylation sites is 1. The number of benzene rings is 11. The van der Waals surface area contributed by atoms with Crippen LogP contribution in [-0.2, 0) is 5.41 Å². The molecule has 0 saturated heterocycles. The molecular weight excluding hydrogens is 939 g/mol. The maximum atomic E-state index is 2.47. The molecule has 13 rings (SSSR count). The van der Waals surface area contributed by atoms with Gasteiger partial charge >= 0.3 is 0 Å². The standard InChI is InChI=1S/C72H53NSSi/c1-72(58-27-13-4-14-28-58)67-51-57(43-50-66(67)68-69(72)71(56-25-11-3-12-26-56)74-70(68)55-23-9-2-10-24-55)54-39-46-61(47-40-54)73(59-29-15-5-16-30-59)60-44-37-52(38-45-60)53-41-48-65(49-42-53)75(62-31-17-6-18-32-62,63-33-19-7-20-34-63)64-35-21-8-22-36-64/h2-51H,1H3. The number of hydrogen-bond acceptors (Lipinski definition) is 2. The molecule has 12 aromatic rings. The zero-order valence-corrected chi connectivity index (χ0v) is 43.5. The van der Waals surface area contributed by atoms with Crippen molar-refractivity contribution < 1.29 is 0 Å². The van der Waals surface area contributed by atoms with Gasteiger partial charge in [-0.1, -0.05) is 261 Å². The zero-order chi connectivity index (χ0) is 50.2. The first kappa shape index (κ1) is 46.0. The minimum atomic E-state index is -2.62. The number of rotatable bonds is 12. The summed E-state index contributed by atoms with van der Waals surface area (Å²) in [5.74, 6) is 0. The first-order valence-corrected chi connectivity index (χ1v) is 28.7. The summed E-state index contributed by atoms with van der Waals surface area (Å²) >= 11 is 1.92. The van der Waals surface area contributed by atoms with Gasteiger partial charge in [0.15, 0.2) is 8.07 Å². The van der Waals surface area contributed by atoms with E-state index in [9.17, 15) is 0 Å². The van der Waals surface area contributed by atoms with Gasteiger partial charge in [-0.15, -0.1) is 11.3 Å². The molecule has 1 unspecified atom stereocenters. The third-order valence-corrected chi connectivity index (χ3v) is 21.6. The van der Waals surface area contributed by atoms with E-state index in [2.05, 4.69) is 315 Å². The minimum Gasteiger partial charge on any atom is -0.311 e. The summed E-state index contributed by atoms with van der Waals surface area (Å²) in [5.41, 5.74) is 16.9. The molecule has 75 heavy (non-hydrogen) atoms. The molecule has 0 fully saturated rings. The molecule has 0 spiro atoms. The number of anilines is 3. The van der Waals surface area contributed by atoms with Crippen LogP contribution in [0.2, 0.25) is 0 Å². The quantitative estimate of drug-likeness (QED) is 0.0871. The Morgan fingerprint density at radius 3 is 1.16 bits per heavy atom. The Morgan fingerprint density at radius 1 is 0.320 bits per heavy atom. The van der Waals surface area contributed by atoms with Crippen LogP contribution in [0, 0.1) is 0 Å². The van der Waals surface area contributed by atoms with Crippen molar-refractivity contribution >= 4 is 57.2 Å². The lowest BCUT2D eigenvalue weighted by atomic mass is 9.73. The van der Waals surface area contributed by atoms with E-state index in [0.29, 0.717) is 0 Å². The Kier molecular flexibility index (Phi) is 12.0. The van der Waals surface area contributed by atoms with Gasteiger partial charge in [0.2, 0.25) is 0 Å². The van der Waals surface area contributed by atoms with Crippen LogP contribution in [0.4, 0.5) is 17.1 Å². The molecule has 0 saturated carbocycles. The van der Waals surface area contributed by atoms with Crippen molar-refractivity contribution in [3.05, 3.63) is 320 Å². The van der Waals surface area contributed by atoms with Crippen molar-refractivity contribution in [2.45, 2.75) is 12.3 Å². The van der Waals surface area contributed by atoms with Crippen molar-refractivity contribution in [3.8, 4) is 54.3 Å². The largest absolute Gasteiger partial charge is 0.311 e. The van der Waals surface area contributed by atoms with Crippen molar-refractivity contribution in [2.75, 3.05) is 4.90 Å². The van der Waals surface area contributed by atoms with Crippen molar-refractivity contribution in [1.29, 1.82) is 0 Å². The molecular formula is C72H53NSSi. The summed E-state index contributed by atoms with van der Waals surface area (Å²) in [6.07, 6.45) is 0.